The van der Waals surface area contributed by atoms with Crippen molar-refractivity contribution in [3.63, 3.8) is 0 Å². The number of carbonyl (C=O) groups excluding carboxylic acids is 2. The van der Waals surface area contributed by atoms with Gasteiger partial charge in [-0.3, -0.25) is 9.59 Å². The van der Waals surface area contributed by atoms with Gasteiger partial charge in [-0.15, -0.1) is 11.8 Å². The quantitative estimate of drug-likeness (QED) is 0.757. The number of nitrogens with one attached hydrogen (secondary N) is 2. The second kappa shape index (κ2) is 6.87. The fourth-order valence-corrected chi connectivity index (χ4v) is 3.40. The maximum absolute atomic E-state index is 12.7. The SMILES string of the molecule is O=C(CC1Sc2ccc(C(F)(F)F)cc2NC1=O)Nc1ncccc1O. The molecule has 10 heteroatoms. The van der Waals surface area contributed by atoms with Gasteiger partial charge >= 0.3 is 6.18 Å². The lowest BCUT2D eigenvalue weighted by atomic mass is 10.1. The third kappa shape index (κ3) is 3.90. The Morgan fingerprint density at radius 3 is 2.81 bits per heavy atom. The lowest BCUT2D eigenvalue weighted by Crippen LogP contribution is -2.32. The fourth-order valence-electron chi connectivity index (χ4n) is 2.31. The van der Waals surface area contributed by atoms with Crippen molar-refractivity contribution in [2.75, 3.05) is 10.6 Å². The molecule has 2 heterocycles. The number of benzene rings is 1. The van der Waals surface area contributed by atoms with Crippen LogP contribution in [0.3, 0.4) is 0 Å². The monoisotopic (exact) mass is 383 g/mol. The van der Waals surface area contributed by atoms with E-state index in [9.17, 15) is 27.9 Å². The average Bonchev–Trinajstić information content (AvgIpc) is 2.56. The summed E-state index contributed by atoms with van der Waals surface area (Å²) in [7, 11) is 0. The van der Waals surface area contributed by atoms with Crippen LogP contribution in [0.1, 0.15) is 12.0 Å². The molecule has 1 aromatic heterocycles. The maximum atomic E-state index is 12.7. The zero-order valence-corrected chi connectivity index (χ0v) is 13.8. The predicted octanol–water partition coefficient (Wildman–Crippen LogP) is 3.25. The molecular weight excluding hydrogens is 371 g/mol. The van der Waals surface area contributed by atoms with Gasteiger partial charge < -0.3 is 15.7 Å². The van der Waals surface area contributed by atoms with Crippen molar-refractivity contribution in [1.29, 1.82) is 0 Å². The average molecular weight is 383 g/mol. The van der Waals surface area contributed by atoms with Crippen LogP contribution in [-0.2, 0) is 15.8 Å². The summed E-state index contributed by atoms with van der Waals surface area (Å²) in [6.45, 7) is 0. The highest BCUT2D eigenvalue weighted by atomic mass is 32.2. The zero-order valence-electron chi connectivity index (χ0n) is 13.0. The summed E-state index contributed by atoms with van der Waals surface area (Å²) in [5.74, 6) is -1.37. The van der Waals surface area contributed by atoms with E-state index in [2.05, 4.69) is 15.6 Å². The highest BCUT2D eigenvalue weighted by Crippen LogP contribution is 2.40. The molecule has 6 nitrogen and oxygen atoms in total. The second-order valence-corrected chi connectivity index (χ2v) is 6.67. The number of anilines is 2. The molecule has 0 fully saturated rings. The Kier molecular flexibility index (Phi) is 4.77. The van der Waals surface area contributed by atoms with Crippen molar-refractivity contribution >= 4 is 35.1 Å². The standard InChI is InChI=1S/C16H12F3N3O3S/c17-16(18,19)8-3-4-11-9(6-8)21-15(25)12(26-11)7-13(24)22-14-10(23)2-1-5-20-14/h1-6,12,23H,7H2,(H,21,25)(H,20,22,24). The molecule has 1 atom stereocenters. The zero-order chi connectivity index (χ0) is 18.9. The Labute approximate surface area is 149 Å². The van der Waals surface area contributed by atoms with Gasteiger partial charge in [-0.05, 0) is 30.3 Å². The lowest BCUT2D eigenvalue weighted by Gasteiger charge is -2.24. The molecule has 3 N–H and O–H groups in total. The first kappa shape index (κ1) is 18.1. The van der Waals surface area contributed by atoms with Crippen molar-refractivity contribution in [1.82, 2.24) is 4.98 Å². The highest BCUT2D eigenvalue weighted by Gasteiger charge is 2.34. The minimum absolute atomic E-state index is 0.0334. The molecule has 26 heavy (non-hydrogen) atoms. The normalized spacial score (nSPS) is 16.6. The highest BCUT2D eigenvalue weighted by molar-refractivity contribution is 8.01. The van der Waals surface area contributed by atoms with E-state index in [1.165, 1.54) is 24.4 Å². The molecule has 0 spiro atoms. The Morgan fingerprint density at radius 1 is 1.35 bits per heavy atom. The molecular formula is C16H12F3N3O3S. The van der Waals surface area contributed by atoms with E-state index in [-0.39, 0.29) is 23.7 Å². The first-order valence-corrected chi connectivity index (χ1v) is 8.24. The van der Waals surface area contributed by atoms with Gasteiger partial charge in [-0.25, -0.2) is 4.98 Å². The van der Waals surface area contributed by atoms with Crippen LogP contribution in [0.15, 0.2) is 41.4 Å². The number of carbonyl (C=O) groups is 2. The summed E-state index contributed by atoms with van der Waals surface area (Å²) in [6.07, 6.45) is -3.36. The number of fused-ring (bicyclic) bond motifs is 1. The topological polar surface area (TPSA) is 91.3 Å². The largest absolute Gasteiger partial charge is 0.504 e. The minimum Gasteiger partial charge on any atom is -0.504 e. The number of pyridine rings is 1. The number of aromatic nitrogens is 1. The van der Waals surface area contributed by atoms with Gasteiger partial charge in [-0.1, -0.05) is 0 Å². The number of rotatable bonds is 3. The van der Waals surface area contributed by atoms with Gasteiger partial charge in [0.1, 0.15) is 0 Å². The van der Waals surface area contributed by atoms with Crippen LogP contribution >= 0.6 is 11.8 Å². The van der Waals surface area contributed by atoms with Crippen LogP contribution in [0.2, 0.25) is 0 Å². The van der Waals surface area contributed by atoms with E-state index < -0.39 is 28.8 Å². The molecule has 2 aromatic rings. The molecule has 0 bridgehead atoms. The van der Waals surface area contributed by atoms with E-state index in [0.29, 0.717) is 4.90 Å². The van der Waals surface area contributed by atoms with Crippen molar-refractivity contribution in [2.45, 2.75) is 22.7 Å². The summed E-state index contributed by atoms with van der Waals surface area (Å²) in [5, 5.41) is 13.6. The van der Waals surface area contributed by atoms with E-state index >= 15 is 0 Å². The first-order chi connectivity index (χ1) is 12.2. The number of nitrogens with zero attached hydrogens (tertiary/aromatic N) is 1. The van der Waals surface area contributed by atoms with E-state index in [1.54, 1.807) is 0 Å². The Morgan fingerprint density at radius 2 is 2.12 bits per heavy atom. The summed E-state index contributed by atoms with van der Waals surface area (Å²) in [4.78, 5) is 28.4. The number of alkyl halides is 3. The van der Waals surface area contributed by atoms with Crippen molar-refractivity contribution in [2.24, 2.45) is 0 Å². The van der Waals surface area contributed by atoms with Crippen molar-refractivity contribution in [3.05, 3.63) is 42.1 Å². The molecule has 136 valence electrons. The van der Waals surface area contributed by atoms with Crippen LogP contribution in [0.25, 0.3) is 0 Å². The van der Waals surface area contributed by atoms with Crippen molar-refractivity contribution in [3.8, 4) is 5.75 Å². The van der Waals surface area contributed by atoms with E-state index in [0.717, 1.165) is 23.9 Å². The molecule has 1 aliphatic rings. The number of aromatic hydroxyl groups is 1. The third-order valence-corrected chi connectivity index (χ3v) is 4.82. The van der Waals surface area contributed by atoms with Crippen molar-refractivity contribution < 1.29 is 27.9 Å². The van der Waals surface area contributed by atoms with Crippen LogP contribution < -0.4 is 10.6 Å². The van der Waals surface area contributed by atoms with E-state index in [4.69, 9.17) is 0 Å². The summed E-state index contributed by atoms with van der Waals surface area (Å²) in [5.41, 5.74) is -0.798. The lowest BCUT2D eigenvalue weighted by molar-refractivity contribution is -0.137. The van der Waals surface area contributed by atoms with Gasteiger partial charge in [0.15, 0.2) is 11.6 Å². The molecule has 2 amide bonds. The fraction of sp³-hybridized carbons (Fsp3) is 0.188. The number of amides is 2. The van der Waals surface area contributed by atoms with Crippen LogP contribution in [0.5, 0.6) is 5.75 Å². The van der Waals surface area contributed by atoms with Gasteiger partial charge in [0, 0.05) is 17.5 Å². The first-order valence-electron chi connectivity index (χ1n) is 7.36. The number of halogens is 3. The number of hydrogen-bond donors (Lipinski definition) is 3. The molecule has 3 rings (SSSR count). The number of hydrogen-bond acceptors (Lipinski definition) is 5. The molecule has 0 aliphatic carbocycles. The van der Waals surface area contributed by atoms with Crippen LogP contribution in [-0.4, -0.2) is 27.2 Å². The van der Waals surface area contributed by atoms with Gasteiger partial charge in [0.05, 0.1) is 16.5 Å². The van der Waals surface area contributed by atoms with Crippen LogP contribution in [0.4, 0.5) is 24.7 Å². The maximum Gasteiger partial charge on any atom is 0.416 e. The summed E-state index contributed by atoms with van der Waals surface area (Å²) in [6, 6.07) is 5.88. The third-order valence-electron chi connectivity index (χ3n) is 3.54. The van der Waals surface area contributed by atoms with Gasteiger partial charge in [0.25, 0.3) is 0 Å². The van der Waals surface area contributed by atoms with Crippen LogP contribution in [0, 0.1) is 0 Å². The molecule has 1 unspecified atom stereocenters. The molecule has 0 saturated carbocycles. The summed E-state index contributed by atoms with van der Waals surface area (Å²) >= 11 is 1.00. The molecule has 0 saturated heterocycles. The Hall–Kier alpha value is -2.75. The van der Waals surface area contributed by atoms with E-state index in [1.807, 2.05) is 0 Å². The molecule has 0 radical (unpaired) electrons. The minimum atomic E-state index is -4.51. The smallest absolute Gasteiger partial charge is 0.416 e. The predicted molar refractivity (Wildman–Crippen MR) is 88.9 cm³/mol. The van der Waals surface area contributed by atoms with Gasteiger partial charge in [0.2, 0.25) is 11.8 Å². The van der Waals surface area contributed by atoms with Gasteiger partial charge in [-0.2, -0.15) is 13.2 Å². The second-order valence-electron chi connectivity index (χ2n) is 5.43. The Bertz CT molecular complexity index is 873. The number of thioether (sulfide) groups is 1. The summed E-state index contributed by atoms with van der Waals surface area (Å²) < 4.78 is 38.2. The molecule has 1 aliphatic heterocycles. The Balaban J connectivity index is 1.70. The molecule has 1 aromatic carbocycles.